The Hall–Kier alpha value is -2.05. The molecule has 0 radical (unpaired) electrons. The summed E-state index contributed by atoms with van der Waals surface area (Å²) < 4.78 is 37.2. The minimum absolute atomic E-state index is 0.0599. The van der Waals surface area contributed by atoms with Gasteiger partial charge in [0.15, 0.2) is 0 Å². The van der Waals surface area contributed by atoms with E-state index in [0.29, 0.717) is 32.2 Å². The lowest BCUT2D eigenvalue weighted by Gasteiger charge is -2.32. The summed E-state index contributed by atoms with van der Waals surface area (Å²) >= 11 is 0. The Morgan fingerprint density at radius 3 is 2.52 bits per heavy atom. The quantitative estimate of drug-likeness (QED) is 0.882. The Labute approximate surface area is 145 Å². The first-order valence-corrected chi connectivity index (χ1v) is 8.44. The van der Waals surface area contributed by atoms with Crippen LogP contribution in [0.5, 0.6) is 0 Å². The van der Waals surface area contributed by atoms with Crippen molar-refractivity contribution in [1.82, 2.24) is 10.2 Å². The van der Waals surface area contributed by atoms with E-state index in [1.54, 1.807) is 0 Å². The number of benzene rings is 1. The van der Waals surface area contributed by atoms with E-state index in [-0.39, 0.29) is 24.9 Å². The summed E-state index contributed by atoms with van der Waals surface area (Å²) in [4.78, 5) is 23.9. The zero-order chi connectivity index (χ0) is 18.4. The van der Waals surface area contributed by atoms with E-state index in [0.717, 1.165) is 16.0 Å². The number of aryl methyl sites for hydroxylation is 2. The standard InChI is InChI=1S/C18H23F3N2O2/c1-13-3-2-4-14(11-13)5-6-16(24)22-12-15-7-9-23(10-8-15)17(25)18(19,20)21/h2-4,11,15H,5-10,12H2,1H3,(H,22,24). The largest absolute Gasteiger partial charge is 0.471 e. The summed E-state index contributed by atoms with van der Waals surface area (Å²) in [6.07, 6.45) is -2.82. The third kappa shape index (κ3) is 6.07. The van der Waals surface area contributed by atoms with Crippen molar-refractivity contribution in [2.45, 2.75) is 38.8 Å². The van der Waals surface area contributed by atoms with Gasteiger partial charge in [0.2, 0.25) is 5.91 Å². The van der Waals surface area contributed by atoms with Gasteiger partial charge < -0.3 is 10.2 Å². The SMILES string of the molecule is Cc1cccc(CCC(=O)NCC2CCN(C(=O)C(F)(F)F)CC2)c1. The van der Waals surface area contributed by atoms with Gasteiger partial charge in [0, 0.05) is 26.1 Å². The predicted molar refractivity (Wildman–Crippen MR) is 87.9 cm³/mol. The van der Waals surface area contributed by atoms with E-state index < -0.39 is 12.1 Å². The Morgan fingerprint density at radius 1 is 1.24 bits per heavy atom. The zero-order valence-electron chi connectivity index (χ0n) is 14.2. The van der Waals surface area contributed by atoms with Gasteiger partial charge in [-0.15, -0.1) is 0 Å². The van der Waals surface area contributed by atoms with Gasteiger partial charge in [-0.1, -0.05) is 29.8 Å². The second-order valence-corrected chi connectivity index (χ2v) is 6.53. The molecule has 0 aromatic heterocycles. The van der Waals surface area contributed by atoms with Gasteiger partial charge in [-0.25, -0.2) is 0 Å². The van der Waals surface area contributed by atoms with Gasteiger partial charge in [0.25, 0.3) is 0 Å². The van der Waals surface area contributed by atoms with Crippen LogP contribution in [0, 0.1) is 12.8 Å². The minimum atomic E-state index is -4.81. The van der Waals surface area contributed by atoms with E-state index in [2.05, 4.69) is 5.32 Å². The number of hydrogen-bond acceptors (Lipinski definition) is 2. The van der Waals surface area contributed by atoms with Gasteiger partial charge in [0.05, 0.1) is 0 Å². The maximum atomic E-state index is 12.4. The molecule has 0 unspecified atom stereocenters. The highest BCUT2D eigenvalue weighted by atomic mass is 19.4. The predicted octanol–water partition coefficient (Wildman–Crippen LogP) is 2.84. The molecule has 0 atom stereocenters. The first kappa shape index (κ1) is 19.3. The Balaban J connectivity index is 1.67. The molecule has 0 bridgehead atoms. The average Bonchev–Trinajstić information content (AvgIpc) is 2.57. The highest BCUT2D eigenvalue weighted by Gasteiger charge is 2.43. The topological polar surface area (TPSA) is 49.4 Å². The molecule has 1 heterocycles. The molecule has 0 aliphatic carbocycles. The third-order valence-electron chi connectivity index (χ3n) is 4.46. The number of halogens is 3. The molecule has 1 aliphatic rings. The Morgan fingerprint density at radius 2 is 1.92 bits per heavy atom. The van der Waals surface area contributed by atoms with Crippen molar-refractivity contribution in [1.29, 1.82) is 0 Å². The zero-order valence-corrected chi connectivity index (χ0v) is 14.2. The lowest BCUT2D eigenvalue weighted by atomic mass is 9.96. The summed E-state index contributed by atoms with van der Waals surface area (Å²) in [6, 6.07) is 7.98. The number of nitrogens with one attached hydrogen (secondary N) is 1. The molecule has 0 spiro atoms. The fraction of sp³-hybridized carbons (Fsp3) is 0.556. The van der Waals surface area contributed by atoms with Crippen LogP contribution in [-0.4, -0.2) is 42.5 Å². The molecular weight excluding hydrogens is 333 g/mol. The van der Waals surface area contributed by atoms with Gasteiger partial charge >= 0.3 is 12.1 Å². The molecule has 1 fully saturated rings. The molecule has 1 N–H and O–H groups in total. The van der Waals surface area contributed by atoms with E-state index in [1.807, 2.05) is 31.2 Å². The van der Waals surface area contributed by atoms with Gasteiger partial charge in [-0.05, 0) is 37.7 Å². The first-order valence-electron chi connectivity index (χ1n) is 8.44. The van der Waals surface area contributed by atoms with Crippen molar-refractivity contribution < 1.29 is 22.8 Å². The first-order chi connectivity index (χ1) is 11.8. The van der Waals surface area contributed by atoms with Crippen molar-refractivity contribution in [3.63, 3.8) is 0 Å². The maximum absolute atomic E-state index is 12.4. The highest BCUT2D eigenvalue weighted by molar-refractivity contribution is 5.81. The number of rotatable bonds is 5. The Bertz CT molecular complexity index is 609. The summed E-state index contributed by atoms with van der Waals surface area (Å²) in [5.74, 6) is -1.72. The average molecular weight is 356 g/mol. The highest BCUT2D eigenvalue weighted by Crippen LogP contribution is 2.23. The second kappa shape index (κ2) is 8.36. The molecule has 138 valence electrons. The number of carbonyl (C=O) groups is 2. The van der Waals surface area contributed by atoms with Gasteiger partial charge in [-0.2, -0.15) is 13.2 Å². The molecule has 25 heavy (non-hydrogen) atoms. The van der Waals surface area contributed by atoms with Crippen LogP contribution in [0.15, 0.2) is 24.3 Å². The smallest absolute Gasteiger partial charge is 0.356 e. The number of carbonyl (C=O) groups excluding carboxylic acids is 2. The summed E-state index contributed by atoms with van der Waals surface area (Å²) in [5, 5.41) is 2.85. The summed E-state index contributed by atoms with van der Waals surface area (Å²) in [5.41, 5.74) is 2.26. The van der Waals surface area contributed by atoms with Crippen LogP contribution in [0.1, 0.15) is 30.4 Å². The van der Waals surface area contributed by atoms with Crippen LogP contribution >= 0.6 is 0 Å². The number of hydrogen-bond donors (Lipinski definition) is 1. The lowest BCUT2D eigenvalue weighted by Crippen LogP contribution is -2.46. The molecule has 2 amide bonds. The van der Waals surface area contributed by atoms with E-state index in [9.17, 15) is 22.8 Å². The second-order valence-electron chi connectivity index (χ2n) is 6.53. The minimum Gasteiger partial charge on any atom is -0.356 e. The van der Waals surface area contributed by atoms with Crippen molar-refractivity contribution in [2.75, 3.05) is 19.6 Å². The van der Waals surface area contributed by atoms with Crippen LogP contribution in [0.25, 0.3) is 0 Å². The lowest BCUT2D eigenvalue weighted by molar-refractivity contribution is -0.186. The number of piperidine rings is 1. The van der Waals surface area contributed by atoms with E-state index in [1.165, 1.54) is 0 Å². The van der Waals surface area contributed by atoms with Crippen molar-refractivity contribution >= 4 is 11.8 Å². The van der Waals surface area contributed by atoms with Crippen LogP contribution in [0.3, 0.4) is 0 Å². The monoisotopic (exact) mass is 356 g/mol. The molecule has 1 aromatic rings. The maximum Gasteiger partial charge on any atom is 0.471 e. The van der Waals surface area contributed by atoms with Crippen LogP contribution < -0.4 is 5.32 Å². The molecule has 1 saturated heterocycles. The Kier molecular flexibility index (Phi) is 6.45. The molecule has 1 aromatic carbocycles. The molecular formula is C18H23F3N2O2. The normalized spacial score (nSPS) is 15.9. The fourth-order valence-corrected chi connectivity index (χ4v) is 2.99. The van der Waals surface area contributed by atoms with Crippen LogP contribution in [0.2, 0.25) is 0 Å². The van der Waals surface area contributed by atoms with Crippen LogP contribution in [-0.2, 0) is 16.0 Å². The summed E-state index contributed by atoms with van der Waals surface area (Å²) in [6.45, 7) is 2.62. The number of nitrogens with zero attached hydrogens (tertiary/aromatic N) is 1. The van der Waals surface area contributed by atoms with Crippen LogP contribution in [0.4, 0.5) is 13.2 Å². The number of alkyl halides is 3. The number of amides is 2. The van der Waals surface area contributed by atoms with E-state index >= 15 is 0 Å². The molecule has 2 rings (SSSR count). The molecule has 4 nitrogen and oxygen atoms in total. The van der Waals surface area contributed by atoms with E-state index in [4.69, 9.17) is 0 Å². The fourth-order valence-electron chi connectivity index (χ4n) is 2.99. The van der Waals surface area contributed by atoms with Crippen molar-refractivity contribution in [3.8, 4) is 0 Å². The summed E-state index contributed by atoms with van der Waals surface area (Å²) in [7, 11) is 0. The van der Waals surface area contributed by atoms with Crippen molar-refractivity contribution in [3.05, 3.63) is 35.4 Å². The number of likely N-dealkylation sites (tertiary alicyclic amines) is 1. The van der Waals surface area contributed by atoms with Gasteiger partial charge in [0.1, 0.15) is 0 Å². The molecule has 7 heteroatoms. The van der Waals surface area contributed by atoms with Gasteiger partial charge in [-0.3, -0.25) is 9.59 Å². The molecule has 0 saturated carbocycles. The van der Waals surface area contributed by atoms with Crippen molar-refractivity contribution in [2.24, 2.45) is 5.92 Å². The molecule has 1 aliphatic heterocycles. The third-order valence-corrected chi connectivity index (χ3v) is 4.46.